The number of rotatable bonds is 5. The van der Waals surface area contributed by atoms with Gasteiger partial charge in [-0.15, -0.1) is 0 Å². The lowest BCUT2D eigenvalue weighted by Crippen LogP contribution is -2.11. The Balaban J connectivity index is 2.44. The highest BCUT2D eigenvalue weighted by Crippen LogP contribution is 2.45. The molecule has 3 heteroatoms. The highest BCUT2D eigenvalue weighted by molar-refractivity contribution is 5.69. The Labute approximate surface area is 84.8 Å². The lowest BCUT2D eigenvalue weighted by molar-refractivity contribution is -0.141. The van der Waals surface area contributed by atoms with Crippen LogP contribution >= 0.6 is 0 Å². The predicted octanol–water partition coefficient (Wildman–Crippen LogP) is 1.37. The molecule has 0 radical (unpaired) electrons. The van der Waals surface area contributed by atoms with Gasteiger partial charge in [0, 0.05) is 6.61 Å². The van der Waals surface area contributed by atoms with Crippen molar-refractivity contribution in [1.29, 1.82) is 0 Å². The van der Waals surface area contributed by atoms with Crippen molar-refractivity contribution in [3.8, 4) is 0 Å². The number of allylic oxidation sites excluding steroid dienone is 2. The zero-order chi connectivity index (χ0) is 10.6. The van der Waals surface area contributed by atoms with Gasteiger partial charge < -0.3 is 9.84 Å². The monoisotopic (exact) mass is 198 g/mol. The SMILES string of the molecule is C/C=C/[C@@H](CC(=O)OC)[C@@H]1C[C@H]1CO. The first-order chi connectivity index (χ1) is 6.72. The van der Waals surface area contributed by atoms with Crippen LogP contribution in [0.1, 0.15) is 19.8 Å². The van der Waals surface area contributed by atoms with Crippen molar-refractivity contribution >= 4 is 5.97 Å². The Bertz CT molecular complexity index is 223. The van der Waals surface area contributed by atoms with Crippen LogP contribution in [0, 0.1) is 17.8 Å². The summed E-state index contributed by atoms with van der Waals surface area (Å²) < 4.78 is 4.64. The molecule has 3 atom stereocenters. The summed E-state index contributed by atoms with van der Waals surface area (Å²) in [5.41, 5.74) is 0. The van der Waals surface area contributed by atoms with Gasteiger partial charge in [0.05, 0.1) is 13.5 Å². The minimum atomic E-state index is -0.170. The van der Waals surface area contributed by atoms with Crippen molar-refractivity contribution in [2.24, 2.45) is 17.8 Å². The second-order valence-electron chi connectivity index (χ2n) is 3.81. The van der Waals surface area contributed by atoms with Gasteiger partial charge in [-0.1, -0.05) is 12.2 Å². The number of aliphatic hydroxyl groups excluding tert-OH is 1. The third-order valence-corrected chi connectivity index (χ3v) is 2.83. The van der Waals surface area contributed by atoms with Gasteiger partial charge in [0.2, 0.25) is 0 Å². The predicted molar refractivity (Wildman–Crippen MR) is 53.6 cm³/mol. The summed E-state index contributed by atoms with van der Waals surface area (Å²) in [6.45, 7) is 2.18. The second-order valence-corrected chi connectivity index (χ2v) is 3.81. The Hall–Kier alpha value is -0.830. The van der Waals surface area contributed by atoms with Crippen LogP contribution in [-0.2, 0) is 9.53 Å². The molecule has 0 amide bonds. The molecule has 1 rings (SSSR count). The fourth-order valence-electron chi connectivity index (χ4n) is 1.89. The highest BCUT2D eigenvalue weighted by Gasteiger charge is 2.41. The largest absolute Gasteiger partial charge is 0.469 e. The molecule has 1 N–H and O–H groups in total. The lowest BCUT2D eigenvalue weighted by atomic mass is 9.97. The maximum Gasteiger partial charge on any atom is 0.306 e. The summed E-state index contributed by atoms with van der Waals surface area (Å²) in [5, 5.41) is 8.94. The van der Waals surface area contributed by atoms with Gasteiger partial charge in [0.25, 0.3) is 0 Å². The molecule has 0 bridgehead atoms. The van der Waals surface area contributed by atoms with Crippen molar-refractivity contribution in [1.82, 2.24) is 0 Å². The van der Waals surface area contributed by atoms with E-state index in [1.54, 1.807) is 0 Å². The number of esters is 1. The second kappa shape index (κ2) is 5.15. The van der Waals surface area contributed by atoms with E-state index in [0.717, 1.165) is 6.42 Å². The molecule has 14 heavy (non-hydrogen) atoms. The molecule has 80 valence electrons. The van der Waals surface area contributed by atoms with Crippen LogP contribution in [0.15, 0.2) is 12.2 Å². The Morgan fingerprint density at radius 1 is 1.71 bits per heavy atom. The number of aliphatic hydroxyl groups is 1. The molecule has 0 aromatic heterocycles. The number of methoxy groups -OCH3 is 1. The van der Waals surface area contributed by atoms with Gasteiger partial charge in [-0.05, 0) is 31.1 Å². The summed E-state index contributed by atoms with van der Waals surface area (Å²) in [6, 6.07) is 0. The topological polar surface area (TPSA) is 46.5 Å². The van der Waals surface area contributed by atoms with E-state index in [1.165, 1.54) is 7.11 Å². The van der Waals surface area contributed by atoms with Crippen LogP contribution in [0.3, 0.4) is 0 Å². The summed E-state index contributed by atoms with van der Waals surface area (Å²) in [5.74, 6) is 0.928. The number of ether oxygens (including phenoxy) is 1. The van der Waals surface area contributed by atoms with E-state index in [2.05, 4.69) is 4.74 Å². The summed E-state index contributed by atoms with van der Waals surface area (Å²) in [6.07, 6.45) is 5.46. The van der Waals surface area contributed by atoms with E-state index in [9.17, 15) is 4.79 Å². The van der Waals surface area contributed by atoms with Crippen molar-refractivity contribution in [3.05, 3.63) is 12.2 Å². The van der Waals surface area contributed by atoms with Gasteiger partial charge in [0.15, 0.2) is 0 Å². The third-order valence-electron chi connectivity index (χ3n) is 2.83. The highest BCUT2D eigenvalue weighted by atomic mass is 16.5. The molecule has 0 unspecified atom stereocenters. The summed E-state index contributed by atoms with van der Waals surface area (Å²) >= 11 is 0. The Morgan fingerprint density at radius 2 is 2.43 bits per heavy atom. The van der Waals surface area contributed by atoms with E-state index in [1.807, 2.05) is 19.1 Å². The first kappa shape index (κ1) is 11.2. The van der Waals surface area contributed by atoms with Crippen molar-refractivity contribution in [3.63, 3.8) is 0 Å². The summed E-state index contributed by atoms with van der Waals surface area (Å²) in [4.78, 5) is 11.1. The third kappa shape index (κ3) is 2.84. The Kier molecular flexibility index (Phi) is 4.14. The zero-order valence-corrected chi connectivity index (χ0v) is 8.77. The quantitative estimate of drug-likeness (QED) is 0.536. The molecule has 0 aromatic rings. The van der Waals surface area contributed by atoms with Crippen molar-refractivity contribution < 1.29 is 14.6 Å². The zero-order valence-electron chi connectivity index (χ0n) is 8.77. The van der Waals surface area contributed by atoms with Crippen LogP contribution < -0.4 is 0 Å². The van der Waals surface area contributed by atoms with Gasteiger partial charge in [-0.25, -0.2) is 0 Å². The van der Waals surface area contributed by atoms with Gasteiger partial charge in [-0.3, -0.25) is 4.79 Å². The molecule has 1 aliphatic rings. The molecule has 1 aliphatic carbocycles. The van der Waals surface area contributed by atoms with Gasteiger partial charge in [0.1, 0.15) is 0 Å². The molecule has 0 aliphatic heterocycles. The fourth-order valence-corrected chi connectivity index (χ4v) is 1.89. The van der Waals surface area contributed by atoms with Gasteiger partial charge in [-0.2, -0.15) is 0 Å². The maximum absolute atomic E-state index is 11.1. The van der Waals surface area contributed by atoms with Crippen LogP contribution in [-0.4, -0.2) is 24.8 Å². The number of carbonyl (C=O) groups excluding carboxylic acids is 1. The minimum absolute atomic E-state index is 0.170. The van der Waals surface area contributed by atoms with E-state index in [-0.39, 0.29) is 18.5 Å². The average Bonchev–Trinajstić information content (AvgIpc) is 2.96. The molecule has 1 saturated carbocycles. The standard InChI is InChI=1S/C11H18O3/c1-3-4-8(6-11(13)14-2)10-5-9(10)7-12/h3-4,8-10,12H,5-7H2,1-2H3/b4-3+/t8-,9-,10-/m0/s1. The smallest absolute Gasteiger partial charge is 0.306 e. The molecule has 0 saturated heterocycles. The molecule has 0 heterocycles. The summed E-state index contributed by atoms with van der Waals surface area (Å²) in [7, 11) is 1.41. The molecule has 1 fully saturated rings. The molecular weight excluding hydrogens is 180 g/mol. The van der Waals surface area contributed by atoms with Crippen LogP contribution in [0.2, 0.25) is 0 Å². The number of hydrogen-bond acceptors (Lipinski definition) is 3. The van der Waals surface area contributed by atoms with Crippen LogP contribution in [0.5, 0.6) is 0 Å². The first-order valence-corrected chi connectivity index (χ1v) is 5.03. The van der Waals surface area contributed by atoms with E-state index in [0.29, 0.717) is 18.3 Å². The minimum Gasteiger partial charge on any atom is -0.469 e. The van der Waals surface area contributed by atoms with E-state index in [4.69, 9.17) is 5.11 Å². The average molecular weight is 198 g/mol. The normalized spacial score (nSPS) is 27.6. The van der Waals surface area contributed by atoms with Crippen molar-refractivity contribution in [2.45, 2.75) is 19.8 Å². The fraction of sp³-hybridized carbons (Fsp3) is 0.727. The van der Waals surface area contributed by atoms with Crippen LogP contribution in [0.25, 0.3) is 0 Å². The number of carbonyl (C=O) groups is 1. The van der Waals surface area contributed by atoms with Crippen LogP contribution in [0.4, 0.5) is 0 Å². The van der Waals surface area contributed by atoms with E-state index < -0.39 is 0 Å². The Morgan fingerprint density at radius 3 is 2.86 bits per heavy atom. The molecule has 3 nitrogen and oxygen atoms in total. The first-order valence-electron chi connectivity index (χ1n) is 5.03. The van der Waals surface area contributed by atoms with Crippen molar-refractivity contribution in [2.75, 3.05) is 13.7 Å². The molecular formula is C11H18O3. The maximum atomic E-state index is 11.1. The van der Waals surface area contributed by atoms with E-state index >= 15 is 0 Å². The molecule has 0 spiro atoms. The van der Waals surface area contributed by atoms with Gasteiger partial charge >= 0.3 is 5.97 Å². The lowest BCUT2D eigenvalue weighted by Gasteiger charge is -2.10. The molecule has 0 aromatic carbocycles. The number of hydrogen-bond donors (Lipinski definition) is 1.